The van der Waals surface area contributed by atoms with Gasteiger partial charge in [0.1, 0.15) is 17.2 Å². The predicted molar refractivity (Wildman–Crippen MR) is 134 cm³/mol. The van der Waals surface area contributed by atoms with E-state index in [1.807, 2.05) is 19.3 Å². The van der Waals surface area contributed by atoms with Gasteiger partial charge in [0.25, 0.3) is 0 Å². The molecule has 1 fully saturated rings. The Kier molecular flexibility index (Phi) is 6.11. The molecule has 1 aromatic carbocycles. The average molecular weight is 481 g/mol. The number of hydrogen-bond acceptors (Lipinski definition) is 3. The van der Waals surface area contributed by atoms with Crippen LogP contribution in [-0.2, 0) is 0 Å². The van der Waals surface area contributed by atoms with Gasteiger partial charge in [-0.15, -0.1) is 0 Å². The number of ether oxygens (including phenoxy) is 1. The zero-order chi connectivity index (χ0) is 24.0. The number of nitrogens with zero attached hydrogens (tertiary/aromatic N) is 3. The van der Waals surface area contributed by atoms with Gasteiger partial charge in [-0.2, -0.15) is 5.10 Å². The molecule has 0 amide bonds. The minimum absolute atomic E-state index is 0.0887. The molecule has 5 rings (SSSR count). The number of hydrogen-bond donors (Lipinski definition) is 1. The van der Waals surface area contributed by atoms with Crippen LogP contribution in [0.2, 0.25) is 5.02 Å². The second-order valence-corrected chi connectivity index (χ2v) is 9.72. The van der Waals surface area contributed by atoms with Crippen molar-refractivity contribution in [2.75, 3.05) is 7.11 Å². The molecule has 34 heavy (non-hydrogen) atoms. The van der Waals surface area contributed by atoms with Crippen molar-refractivity contribution in [3.8, 4) is 16.9 Å². The summed E-state index contributed by atoms with van der Waals surface area (Å²) >= 11 is 6.39. The molecule has 3 heterocycles. The van der Waals surface area contributed by atoms with Crippen LogP contribution < -0.4 is 4.74 Å². The molecule has 1 aliphatic carbocycles. The third-order valence-corrected chi connectivity index (χ3v) is 7.69. The van der Waals surface area contributed by atoms with Gasteiger partial charge in [-0.3, -0.25) is 4.68 Å². The molecule has 7 heteroatoms. The van der Waals surface area contributed by atoms with Crippen molar-refractivity contribution < 1.29 is 9.13 Å². The number of nitrogens with one attached hydrogen (secondary N) is 1. The molecule has 178 valence electrons. The summed E-state index contributed by atoms with van der Waals surface area (Å²) in [6.07, 6.45) is 10.1. The van der Waals surface area contributed by atoms with Crippen molar-refractivity contribution in [3.05, 3.63) is 63.9 Å². The first kappa shape index (κ1) is 22.9. The first-order valence-electron chi connectivity index (χ1n) is 12.0. The molecule has 0 aliphatic heterocycles. The number of pyridine rings is 1. The van der Waals surface area contributed by atoms with Crippen LogP contribution in [0.5, 0.6) is 5.75 Å². The molecule has 0 radical (unpaired) electrons. The maximum Gasteiger partial charge on any atom is 0.142 e. The van der Waals surface area contributed by atoms with Gasteiger partial charge < -0.3 is 9.72 Å². The second-order valence-electron chi connectivity index (χ2n) is 9.35. The highest BCUT2D eigenvalue weighted by Gasteiger charge is 2.25. The molecule has 0 spiro atoms. The van der Waals surface area contributed by atoms with Crippen molar-refractivity contribution >= 4 is 22.6 Å². The Hall–Kier alpha value is -2.86. The summed E-state index contributed by atoms with van der Waals surface area (Å²) < 4.78 is 22.1. The lowest BCUT2D eigenvalue weighted by molar-refractivity contribution is 0.324. The molecule has 5 nitrogen and oxygen atoms in total. The lowest BCUT2D eigenvalue weighted by Gasteiger charge is -2.23. The summed E-state index contributed by atoms with van der Waals surface area (Å²) in [5, 5.41) is 6.00. The summed E-state index contributed by atoms with van der Waals surface area (Å²) in [4.78, 5) is 7.98. The third-order valence-electron chi connectivity index (χ3n) is 7.31. The summed E-state index contributed by atoms with van der Waals surface area (Å²) in [5.41, 5.74) is 6.79. The van der Waals surface area contributed by atoms with Crippen LogP contribution in [0, 0.1) is 19.7 Å². The Morgan fingerprint density at radius 1 is 1.21 bits per heavy atom. The van der Waals surface area contributed by atoms with Gasteiger partial charge in [0.05, 0.1) is 23.9 Å². The summed E-state index contributed by atoms with van der Waals surface area (Å²) in [6.45, 7) is 6.24. The molecule has 1 aliphatic rings. The van der Waals surface area contributed by atoms with E-state index in [0.29, 0.717) is 17.4 Å². The number of aromatic amines is 1. The van der Waals surface area contributed by atoms with Crippen molar-refractivity contribution in [3.63, 3.8) is 0 Å². The van der Waals surface area contributed by atoms with Gasteiger partial charge in [-0.05, 0) is 50.5 Å². The highest BCUT2D eigenvalue weighted by Crippen LogP contribution is 2.41. The molecule has 4 aromatic rings. The SMILES string of the molecule is COc1ccc(F)c(Cl)c1C(C)c1c[nH]c2ncc(-c3c(C)nn(C4CCCCC4)c3C)cc12. The summed E-state index contributed by atoms with van der Waals surface area (Å²) in [6, 6.07) is 5.59. The number of rotatable bonds is 5. The molecule has 1 unspecified atom stereocenters. The number of H-pyrrole nitrogens is 1. The number of halogens is 2. The number of fused-ring (bicyclic) bond motifs is 1. The standard InChI is InChI=1S/C27H30ClFN4O/c1-15(24-23(34-4)11-10-22(29)26(24)28)21-14-31-27-20(21)12-18(13-30-27)25-16(2)32-33(17(25)3)19-8-6-5-7-9-19/h10-15,19H,5-9H2,1-4H3,(H,30,31). The predicted octanol–water partition coefficient (Wildman–Crippen LogP) is 7.50. The van der Waals surface area contributed by atoms with E-state index in [9.17, 15) is 4.39 Å². The van der Waals surface area contributed by atoms with Gasteiger partial charge in [-0.1, -0.05) is 37.8 Å². The number of methoxy groups -OCH3 is 1. The minimum Gasteiger partial charge on any atom is -0.496 e. The van der Waals surface area contributed by atoms with Crippen LogP contribution in [-0.4, -0.2) is 26.9 Å². The normalized spacial score (nSPS) is 15.7. The van der Waals surface area contributed by atoms with Crippen molar-refractivity contribution in [1.82, 2.24) is 19.7 Å². The quantitative estimate of drug-likeness (QED) is 0.321. The molecule has 1 atom stereocenters. The number of aromatic nitrogens is 4. The zero-order valence-corrected chi connectivity index (χ0v) is 20.8. The molecular formula is C27H30ClFN4O. The maximum absolute atomic E-state index is 14.3. The van der Waals surface area contributed by atoms with Crippen LogP contribution in [0.25, 0.3) is 22.2 Å². The molecule has 3 aromatic heterocycles. The lowest BCUT2D eigenvalue weighted by Crippen LogP contribution is -2.15. The van der Waals surface area contributed by atoms with Gasteiger partial charge >= 0.3 is 0 Å². The minimum atomic E-state index is -0.454. The summed E-state index contributed by atoms with van der Waals surface area (Å²) in [7, 11) is 1.57. The van der Waals surface area contributed by atoms with E-state index in [-0.39, 0.29) is 10.9 Å². The van der Waals surface area contributed by atoms with E-state index in [1.54, 1.807) is 13.2 Å². The van der Waals surface area contributed by atoms with Crippen molar-refractivity contribution in [2.24, 2.45) is 0 Å². The Balaban J connectivity index is 1.59. The van der Waals surface area contributed by atoms with E-state index < -0.39 is 5.82 Å². The second kappa shape index (κ2) is 9.06. The fourth-order valence-electron chi connectivity index (χ4n) is 5.57. The number of benzene rings is 1. The molecule has 0 bridgehead atoms. The smallest absolute Gasteiger partial charge is 0.142 e. The van der Waals surface area contributed by atoms with Crippen LogP contribution in [0.4, 0.5) is 4.39 Å². The topological polar surface area (TPSA) is 55.7 Å². The monoisotopic (exact) mass is 480 g/mol. The van der Waals surface area contributed by atoms with E-state index >= 15 is 0 Å². The van der Waals surface area contributed by atoms with E-state index in [2.05, 4.69) is 29.6 Å². The third kappa shape index (κ3) is 3.78. The zero-order valence-electron chi connectivity index (χ0n) is 20.1. The van der Waals surface area contributed by atoms with Gasteiger partial charge in [0, 0.05) is 46.1 Å². The fourth-order valence-corrected chi connectivity index (χ4v) is 5.89. The Morgan fingerprint density at radius 3 is 2.71 bits per heavy atom. The number of aryl methyl sites for hydroxylation is 1. The summed E-state index contributed by atoms with van der Waals surface area (Å²) in [5.74, 6) is -0.0849. The first-order chi connectivity index (χ1) is 16.4. The van der Waals surface area contributed by atoms with Crippen LogP contribution in [0.15, 0.2) is 30.6 Å². The fraction of sp³-hybridized carbons (Fsp3) is 0.407. The van der Waals surface area contributed by atoms with E-state index in [1.165, 1.54) is 43.9 Å². The highest BCUT2D eigenvalue weighted by atomic mass is 35.5. The molecule has 1 saturated carbocycles. The molecular weight excluding hydrogens is 451 g/mol. The van der Waals surface area contributed by atoms with Gasteiger partial charge in [0.2, 0.25) is 0 Å². The van der Waals surface area contributed by atoms with Crippen LogP contribution in [0.1, 0.15) is 73.5 Å². The van der Waals surface area contributed by atoms with Gasteiger partial charge in [0.15, 0.2) is 0 Å². The average Bonchev–Trinajstić information content (AvgIpc) is 3.40. The molecule has 1 N–H and O–H groups in total. The van der Waals surface area contributed by atoms with Crippen molar-refractivity contribution in [1.29, 1.82) is 0 Å². The first-order valence-corrected chi connectivity index (χ1v) is 12.3. The van der Waals surface area contributed by atoms with Crippen molar-refractivity contribution in [2.45, 2.75) is 64.8 Å². The van der Waals surface area contributed by atoms with Gasteiger partial charge in [-0.25, -0.2) is 9.37 Å². The molecule has 0 saturated heterocycles. The Morgan fingerprint density at radius 2 is 1.97 bits per heavy atom. The highest BCUT2D eigenvalue weighted by molar-refractivity contribution is 6.31. The Bertz CT molecular complexity index is 1350. The van der Waals surface area contributed by atoms with E-state index in [4.69, 9.17) is 26.4 Å². The van der Waals surface area contributed by atoms with Crippen LogP contribution in [0.3, 0.4) is 0 Å². The largest absolute Gasteiger partial charge is 0.496 e. The lowest BCUT2D eigenvalue weighted by atomic mass is 9.91. The van der Waals surface area contributed by atoms with E-state index in [0.717, 1.165) is 33.4 Å². The van der Waals surface area contributed by atoms with Crippen LogP contribution >= 0.6 is 11.6 Å². The Labute approximate surface area is 204 Å². The maximum atomic E-state index is 14.3.